The van der Waals surface area contributed by atoms with Crippen molar-refractivity contribution in [1.82, 2.24) is 14.7 Å². The average molecular weight is 258 g/mol. The molecule has 0 unspecified atom stereocenters. The average Bonchev–Trinajstić information content (AvgIpc) is 2.82. The number of benzene rings is 1. The minimum Gasteiger partial charge on any atom is -0.326 e. The Labute approximate surface area is 114 Å². The standard InChI is InChI=1S/C15H22N4/c1-18(11-13-10-17-19(2)12-13)8-7-14-5-3-4-6-15(14)9-16/h3-6,10,12H,7-9,11,16H2,1-2H3. The molecule has 0 saturated carbocycles. The lowest BCUT2D eigenvalue weighted by molar-refractivity contribution is 0.331. The van der Waals surface area contributed by atoms with E-state index in [0.717, 1.165) is 19.5 Å². The van der Waals surface area contributed by atoms with Gasteiger partial charge in [0.25, 0.3) is 0 Å². The number of aromatic nitrogens is 2. The van der Waals surface area contributed by atoms with Gasteiger partial charge in [-0.2, -0.15) is 5.10 Å². The molecule has 4 heteroatoms. The van der Waals surface area contributed by atoms with Crippen LogP contribution in [0.1, 0.15) is 16.7 Å². The summed E-state index contributed by atoms with van der Waals surface area (Å²) >= 11 is 0. The van der Waals surface area contributed by atoms with Crippen molar-refractivity contribution in [3.8, 4) is 0 Å². The summed E-state index contributed by atoms with van der Waals surface area (Å²) in [4.78, 5) is 2.31. The number of hydrogen-bond acceptors (Lipinski definition) is 3. The van der Waals surface area contributed by atoms with Gasteiger partial charge in [-0.15, -0.1) is 0 Å². The van der Waals surface area contributed by atoms with Gasteiger partial charge in [-0.05, 0) is 24.6 Å². The Morgan fingerprint density at radius 2 is 2.00 bits per heavy atom. The summed E-state index contributed by atoms with van der Waals surface area (Å²) < 4.78 is 1.84. The number of rotatable bonds is 6. The monoisotopic (exact) mass is 258 g/mol. The van der Waals surface area contributed by atoms with Crippen molar-refractivity contribution in [3.63, 3.8) is 0 Å². The Hall–Kier alpha value is -1.65. The molecule has 0 radical (unpaired) electrons. The predicted octanol–water partition coefficient (Wildman–Crippen LogP) is 1.55. The summed E-state index contributed by atoms with van der Waals surface area (Å²) in [5.74, 6) is 0. The highest BCUT2D eigenvalue weighted by atomic mass is 15.2. The van der Waals surface area contributed by atoms with E-state index >= 15 is 0 Å². The van der Waals surface area contributed by atoms with Crippen LogP contribution in [0.3, 0.4) is 0 Å². The molecule has 0 aliphatic carbocycles. The number of nitrogens with zero attached hydrogens (tertiary/aromatic N) is 3. The zero-order chi connectivity index (χ0) is 13.7. The Kier molecular flexibility index (Phi) is 4.71. The van der Waals surface area contributed by atoms with Gasteiger partial charge in [0.05, 0.1) is 6.20 Å². The van der Waals surface area contributed by atoms with Crippen LogP contribution in [0.5, 0.6) is 0 Å². The molecule has 2 N–H and O–H groups in total. The quantitative estimate of drug-likeness (QED) is 0.855. The fourth-order valence-corrected chi connectivity index (χ4v) is 2.26. The van der Waals surface area contributed by atoms with Gasteiger partial charge in [-0.3, -0.25) is 4.68 Å². The Morgan fingerprint density at radius 3 is 2.63 bits per heavy atom. The fraction of sp³-hybridized carbons (Fsp3) is 0.400. The molecule has 0 spiro atoms. The van der Waals surface area contributed by atoms with Crippen molar-refractivity contribution >= 4 is 0 Å². The van der Waals surface area contributed by atoms with Crippen LogP contribution in [0, 0.1) is 0 Å². The summed E-state index contributed by atoms with van der Waals surface area (Å²) in [6.45, 7) is 2.56. The first kappa shape index (κ1) is 13.8. The van der Waals surface area contributed by atoms with E-state index in [4.69, 9.17) is 5.73 Å². The molecule has 1 aromatic carbocycles. The molecule has 102 valence electrons. The molecule has 0 bridgehead atoms. The number of hydrogen-bond donors (Lipinski definition) is 1. The number of likely N-dealkylation sites (N-methyl/N-ethyl adjacent to an activating group) is 1. The van der Waals surface area contributed by atoms with Gasteiger partial charge in [0.15, 0.2) is 0 Å². The zero-order valence-electron chi connectivity index (χ0n) is 11.7. The van der Waals surface area contributed by atoms with Crippen LogP contribution in [-0.4, -0.2) is 28.3 Å². The van der Waals surface area contributed by atoms with E-state index in [-0.39, 0.29) is 0 Å². The van der Waals surface area contributed by atoms with Crippen molar-refractivity contribution in [3.05, 3.63) is 53.3 Å². The summed E-state index contributed by atoms with van der Waals surface area (Å²) in [7, 11) is 4.08. The molecule has 2 rings (SSSR count). The summed E-state index contributed by atoms with van der Waals surface area (Å²) in [5, 5.41) is 4.19. The molecule has 2 aromatic rings. The van der Waals surface area contributed by atoms with E-state index in [1.54, 1.807) is 0 Å². The van der Waals surface area contributed by atoms with Gasteiger partial charge in [0.1, 0.15) is 0 Å². The van der Waals surface area contributed by atoms with Crippen LogP contribution >= 0.6 is 0 Å². The van der Waals surface area contributed by atoms with Gasteiger partial charge < -0.3 is 10.6 Å². The highest BCUT2D eigenvalue weighted by molar-refractivity contribution is 5.27. The maximum absolute atomic E-state index is 5.76. The van der Waals surface area contributed by atoms with Crippen LogP contribution < -0.4 is 5.73 Å². The minimum absolute atomic E-state index is 0.614. The van der Waals surface area contributed by atoms with E-state index in [0.29, 0.717) is 6.54 Å². The van der Waals surface area contributed by atoms with E-state index in [1.165, 1.54) is 16.7 Å². The third-order valence-corrected chi connectivity index (χ3v) is 3.31. The van der Waals surface area contributed by atoms with E-state index < -0.39 is 0 Å². The third-order valence-electron chi connectivity index (χ3n) is 3.31. The lowest BCUT2D eigenvalue weighted by atomic mass is 10.0. The van der Waals surface area contributed by atoms with Crippen LogP contribution in [-0.2, 0) is 26.6 Å². The van der Waals surface area contributed by atoms with Crippen LogP contribution in [0.4, 0.5) is 0 Å². The van der Waals surface area contributed by atoms with Crippen molar-refractivity contribution in [2.45, 2.75) is 19.5 Å². The second-order valence-corrected chi connectivity index (χ2v) is 4.98. The molecule has 1 aromatic heterocycles. The highest BCUT2D eigenvalue weighted by Gasteiger charge is 2.05. The lowest BCUT2D eigenvalue weighted by Crippen LogP contribution is -2.21. The minimum atomic E-state index is 0.614. The van der Waals surface area contributed by atoms with Gasteiger partial charge >= 0.3 is 0 Å². The molecular formula is C15H22N4. The summed E-state index contributed by atoms with van der Waals surface area (Å²) in [5.41, 5.74) is 9.60. The first-order valence-corrected chi connectivity index (χ1v) is 6.62. The van der Waals surface area contributed by atoms with Crippen LogP contribution in [0.25, 0.3) is 0 Å². The molecular weight excluding hydrogens is 236 g/mol. The first-order valence-electron chi connectivity index (χ1n) is 6.62. The third kappa shape index (κ3) is 3.91. The maximum Gasteiger partial charge on any atom is 0.0534 e. The molecule has 19 heavy (non-hydrogen) atoms. The Balaban J connectivity index is 1.87. The van der Waals surface area contributed by atoms with Crippen LogP contribution in [0.15, 0.2) is 36.7 Å². The Morgan fingerprint density at radius 1 is 1.26 bits per heavy atom. The smallest absolute Gasteiger partial charge is 0.0534 e. The molecule has 0 saturated heterocycles. The van der Waals surface area contributed by atoms with E-state index in [1.807, 2.05) is 24.0 Å². The second-order valence-electron chi connectivity index (χ2n) is 4.98. The predicted molar refractivity (Wildman–Crippen MR) is 77.6 cm³/mol. The van der Waals surface area contributed by atoms with E-state index in [2.05, 4.69) is 41.4 Å². The van der Waals surface area contributed by atoms with Crippen molar-refractivity contribution < 1.29 is 0 Å². The lowest BCUT2D eigenvalue weighted by Gasteiger charge is -2.16. The molecule has 0 fully saturated rings. The normalized spacial score (nSPS) is 11.2. The van der Waals surface area contributed by atoms with Crippen molar-refractivity contribution in [1.29, 1.82) is 0 Å². The number of aryl methyl sites for hydroxylation is 1. The van der Waals surface area contributed by atoms with Gasteiger partial charge in [-0.1, -0.05) is 24.3 Å². The molecule has 0 atom stereocenters. The highest BCUT2D eigenvalue weighted by Crippen LogP contribution is 2.10. The van der Waals surface area contributed by atoms with Crippen molar-refractivity contribution in [2.75, 3.05) is 13.6 Å². The summed E-state index contributed by atoms with van der Waals surface area (Å²) in [6, 6.07) is 8.40. The topological polar surface area (TPSA) is 47.1 Å². The Bertz CT molecular complexity index is 518. The van der Waals surface area contributed by atoms with Gasteiger partial charge in [0, 0.05) is 38.4 Å². The van der Waals surface area contributed by atoms with Gasteiger partial charge in [0.2, 0.25) is 0 Å². The first-order chi connectivity index (χ1) is 9.19. The fourth-order valence-electron chi connectivity index (χ4n) is 2.26. The largest absolute Gasteiger partial charge is 0.326 e. The zero-order valence-corrected chi connectivity index (χ0v) is 11.7. The molecule has 0 amide bonds. The van der Waals surface area contributed by atoms with E-state index in [9.17, 15) is 0 Å². The summed E-state index contributed by atoms with van der Waals surface area (Å²) in [6.07, 6.45) is 5.01. The maximum atomic E-state index is 5.76. The second kappa shape index (κ2) is 6.50. The SMILES string of the molecule is CN(CCc1ccccc1CN)Cc1cnn(C)c1. The van der Waals surface area contributed by atoms with Crippen molar-refractivity contribution in [2.24, 2.45) is 12.8 Å². The molecule has 4 nitrogen and oxygen atoms in total. The van der Waals surface area contributed by atoms with Gasteiger partial charge in [-0.25, -0.2) is 0 Å². The molecule has 0 aliphatic heterocycles. The number of nitrogens with two attached hydrogens (primary N) is 1. The molecule has 1 heterocycles. The van der Waals surface area contributed by atoms with Crippen LogP contribution in [0.2, 0.25) is 0 Å². The molecule has 0 aliphatic rings.